The Bertz CT molecular complexity index is 395. The van der Waals surface area contributed by atoms with Crippen LogP contribution >= 0.6 is 23.1 Å². The quantitative estimate of drug-likeness (QED) is 0.857. The van der Waals surface area contributed by atoms with Crippen molar-refractivity contribution in [3.63, 3.8) is 0 Å². The van der Waals surface area contributed by atoms with Crippen molar-refractivity contribution in [3.8, 4) is 0 Å². The summed E-state index contributed by atoms with van der Waals surface area (Å²) < 4.78 is 5.95. The normalized spacial score (nSPS) is 24.5. The predicted molar refractivity (Wildman–Crippen MR) is 70.1 cm³/mol. The Morgan fingerprint density at radius 3 is 3.12 bits per heavy atom. The van der Waals surface area contributed by atoms with Crippen LogP contribution < -0.4 is 5.73 Å². The molecule has 0 aromatic carbocycles. The lowest BCUT2D eigenvalue weighted by molar-refractivity contribution is -0.146. The van der Waals surface area contributed by atoms with Gasteiger partial charge in [0.05, 0.1) is 23.4 Å². The summed E-state index contributed by atoms with van der Waals surface area (Å²) in [6.45, 7) is 0. The van der Waals surface area contributed by atoms with Crippen LogP contribution in [0.5, 0.6) is 0 Å². The van der Waals surface area contributed by atoms with Gasteiger partial charge in [0.2, 0.25) is 0 Å². The van der Waals surface area contributed by atoms with Crippen molar-refractivity contribution in [3.05, 3.63) is 6.20 Å². The molecular formula is C11H16N2O2S2. The van der Waals surface area contributed by atoms with Gasteiger partial charge in [-0.25, -0.2) is 4.98 Å². The minimum Gasteiger partial charge on any atom is -0.469 e. The zero-order valence-corrected chi connectivity index (χ0v) is 11.4. The summed E-state index contributed by atoms with van der Waals surface area (Å²) >= 11 is 3.30. The average Bonchev–Trinajstić information content (AvgIpc) is 2.74. The summed E-state index contributed by atoms with van der Waals surface area (Å²) in [6, 6.07) is 0. The molecule has 94 valence electrons. The van der Waals surface area contributed by atoms with Gasteiger partial charge in [-0.3, -0.25) is 4.79 Å². The molecule has 0 aliphatic heterocycles. The summed E-state index contributed by atoms with van der Waals surface area (Å²) in [6.07, 6.45) is 5.90. The van der Waals surface area contributed by atoms with Crippen molar-refractivity contribution in [2.24, 2.45) is 5.92 Å². The molecule has 1 aliphatic carbocycles. The molecule has 1 saturated carbocycles. The Hall–Kier alpha value is -0.750. The van der Waals surface area contributed by atoms with E-state index in [1.807, 2.05) is 6.20 Å². The van der Waals surface area contributed by atoms with Crippen LogP contribution in [-0.2, 0) is 9.53 Å². The Balaban J connectivity index is 1.91. The van der Waals surface area contributed by atoms with Gasteiger partial charge in [0.15, 0.2) is 5.13 Å². The highest BCUT2D eigenvalue weighted by molar-refractivity contribution is 8.01. The van der Waals surface area contributed by atoms with E-state index >= 15 is 0 Å². The standard InChI is InChI=1S/C11H16N2O2S2/c1-15-10(14)7-3-2-4-8(5-7)16-9-6-13-11(12)17-9/h6-8H,2-5H2,1H3,(H2,12,13). The van der Waals surface area contributed by atoms with Crippen LogP contribution in [0.3, 0.4) is 0 Å². The number of rotatable bonds is 3. The molecule has 2 unspecified atom stereocenters. The number of thiazole rings is 1. The maximum Gasteiger partial charge on any atom is 0.308 e. The second-order valence-electron chi connectivity index (χ2n) is 4.14. The first-order valence-electron chi connectivity index (χ1n) is 5.65. The first kappa shape index (κ1) is 12.7. The first-order valence-corrected chi connectivity index (χ1v) is 7.34. The lowest BCUT2D eigenvalue weighted by atomic mass is 9.89. The number of anilines is 1. The van der Waals surface area contributed by atoms with Gasteiger partial charge in [0, 0.05) is 5.25 Å². The second kappa shape index (κ2) is 5.73. The maximum atomic E-state index is 11.5. The van der Waals surface area contributed by atoms with Gasteiger partial charge in [-0.05, 0) is 19.3 Å². The largest absolute Gasteiger partial charge is 0.469 e. The summed E-state index contributed by atoms with van der Waals surface area (Å²) in [5, 5.41) is 1.08. The third kappa shape index (κ3) is 3.35. The van der Waals surface area contributed by atoms with Crippen LogP contribution in [-0.4, -0.2) is 23.3 Å². The summed E-state index contributed by atoms with van der Waals surface area (Å²) in [5.74, 6) is -0.00404. The number of thioether (sulfide) groups is 1. The van der Waals surface area contributed by atoms with Gasteiger partial charge in [0.25, 0.3) is 0 Å². The third-order valence-electron chi connectivity index (χ3n) is 2.95. The summed E-state index contributed by atoms with van der Waals surface area (Å²) in [7, 11) is 1.46. The number of aromatic nitrogens is 1. The van der Waals surface area contributed by atoms with Gasteiger partial charge in [-0.15, -0.1) is 11.8 Å². The van der Waals surface area contributed by atoms with Crippen LogP contribution in [0.4, 0.5) is 5.13 Å². The van der Waals surface area contributed by atoms with Crippen LogP contribution in [0.1, 0.15) is 25.7 Å². The van der Waals surface area contributed by atoms with Crippen molar-refractivity contribution in [1.82, 2.24) is 4.98 Å². The number of nitrogen functional groups attached to an aromatic ring is 1. The second-order valence-corrected chi connectivity index (χ2v) is 6.81. The van der Waals surface area contributed by atoms with E-state index in [0.29, 0.717) is 10.4 Å². The number of nitrogens with two attached hydrogens (primary N) is 1. The molecule has 0 saturated heterocycles. The molecule has 0 bridgehead atoms. The van der Waals surface area contributed by atoms with Crippen LogP contribution in [0.2, 0.25) is 0 Å². The number of hydrogen-bond donors (Lipinski definition) is 1. The molecule has 0 amide bonds. The Kier molecular flexibility index (Phi) is 4.28. The third-order valence-corrected chi connectivity index (χ3v) is 5.20. The highest BCUT2D eigenvalue weighted by Crippen LogP contribution is 2.39. The number of esters is 1. The number of nitrogens with zero attached hydrogens (tertiary/aromatic N) is 1. The lowest BCUT2D eigenvalue weighted by Gasteiger charge is -2.26. The van der Waals surface area contributed by atoms with Crippen LogP contribution in [0, 0.1) is 5.92 Å². The van der Waals surface area contributed by atoms with Gasteiger partial charge in [-0.1, -0.05) is 17.8 Å². The Morgan fingerprint density at radius 1 is 1.65 bits per heavy atom. The fourth-order valence-electron chi connectivity index (χ4n) is 2.12. The zero-order chi connectivity index (χ0) is 12.3. The maximum absolute atomic E-state index is 11.5. The predicted octanol–water partition coefficient (Wildman–Crippen LogP) is 2.55. The van der Waals surface area contributed by atoms with Gasteiger partial charge < -0.3 is 10.5 Å². The fourth-order valence-corrected chi connectivity index (χ4v) is 4.45. The highest BCUT2D eigenvalue weighted by Gasteiger charge is 2.28. The van der Waals surface area contributed by atoms with E-state index in [-0.39, 0.29) is 11.9 Å². The van der Waals surface area contributed by atoms with Crippen molar-refractivity contribution >= 4 is 34.2 Å². The number of carbonyl (C=O) groups is 1. The Labute approximate surface area is 109 Å². The van der Waals surface area contributed by atoms with E-state index in [4.69, 9.17) is 10.5 Å². The number of carbonyl (C=O) groups excluding carboxylic acids is 1. The molecule has 1 aliphatic rings. The first-order chi connectivity index (χ1) is 8.19. The molecule has 0 radical (unpaired) electrons. The molecule has 6 heteroatoms. The molecule has 0 spiro atoms. The molecular weight excluding hydrogens is 256 g/mol. The van der Waals surface area contributed by atoms with Crippen LogP contribution in [0.15, 0.2) is 10.4 Å². The van der Waals surface area contributed by atoms with E-state index < -0.39 is 0 Å². The highest BCUT2D eigenvalue weighted by atomic mass is 32.2. The SMILES string of the molecule is COC(=O)C1CCCC(Sc2cnc(N)s2)C1. The molecule has 1 aromatic rings. The molecule has 2 atom stereocenters. The number of hydrogen-bond acceptors (Lipinski definition) is 6. The van der Waals surface area contributed by atoms with E-state index in [0.717, 1.165) is 29.9 Å². The molecule has 2 N–H and O–H groups in total. The van der Waals surface area contributed by atoms with Gasteiger partial charge >= 0.3 is 5.97 Å². The van der Waals surface area contributed by atoms with E-state index in [1.54, 1.807) is 11.8 Å². The van der Waals surface area contributed by atoms with Gasteiger partial charge in [-0.2, -0.15) is 0 Å². The molecule has 17 heavy (non-hydrogen) atoms. The topological polar surface area (TPSA) is 65.2 Å². The van der Waals surface area contributed by atoms with Crippen molar-refractivity contribution < 1.29 is 9.53 Å². The van der Waals surface area contributed by atoms with E-state index in [9.17, 15) is 4.79 Å². The zero-order valence-electron chi connectivity index (χ0n) is 9.72. The van der Waals surface area contributed by atoms with E-state index in [1.165, 1.54) is 18.4 Å². The van der Waals surface area contributed by atoms with Crippen molar-refractivity contribution in [1.29, 1.82) is 0 Å². The lowest BCUT2D eigenvalue weighted by Crippen LogP contribution is -2.25. The van der Waals surface area contributed by atoms with Crippen LogP contribution in [0.25, 0.3) is 0 Å². The van der Waals surface area contributed by atoms with Crippen molar-refractivity contribution in [2.45, 2.75) is 35.1 Å². The minimum absolute atomic E-state index is 0.0662. The minimum atomic E-state index is -0.0703. The van der Waals surface area contributed by atoms with Gasteiger partial charge in [0.1, 0.15) is 0 Å². The molecule has 4 nitrogen and oxygen atoms in total. The number of methoxy groups -OCH3 is 1. The summed E-state index contributed by atoms with van der Waals surface area (Å²) in [5.41, 5.74) is 5.60. The monoisotopic (exact) mass is 272 g/mol. The smallest absolute Gasteiger partial charge is 0.308 e. The number of ether oxygens (including phenoxy) is 1. The molecule has 1 aromatic heterocycles. The fraction of sp³-hybridized carbons (Fsp3) is 0.636. The van der Waals surface area contributed by atoms with E-state index in [2.05, 4.69) is 4.98 Å². The molecule has 2 rings (SSSR count). The summed E-state index contributed by atoms with van der Waals surface area (Å²) in [4.78, 5) is 15.5. The molecule has 1 heterocycles. The Morgan fingerprint density at radius 2 is 2.47 bits per heavy atom. The molecule has 1 fully saturated rings. The average molecular weight is 272 g/mol. The van der Waals surface area contributed by atoms with Crippen molar-refractivity contribution in [2.75, 3.05) is 12.8 Å².